The van der Waals surface area contributed by atoms with Gasteiger partial charge in [0.2, 0.25) is 5.82 Å². The van der Waals surface area contributed by atoms with Crippen LogP contribution in [0.25, 0.3) is 0 Å². The number of ether oxygens (including phenoxy) is 2. The van der Waals surface area contributed by atoms with Gasteiger partial charge in [0, 0.05) is 23.6 Å². The molecule has 8 nitrogen and oxygen atoms in total. The lowest BCUT2D eigenvalue weighted by molar-refractivity contribution is -0.272. The quantitative estimate of drug-likeness (QED) is 0.506. The van der Waals surface area contributed by atoms with Crippen LogP contribution in [-0.2, 0) is 9.53 Å². The van der Waals surface area contributed by atoms with Crippen LogP contribution in [0.1, 0.15) is 35.8 Å². The highest BCUT2D eigenvalue weighted by Gasteiger charge is 2.65. The normalized spacial score (nSPS) is 25.4. The molecule has 3 N–H and O–H groups in total. The molecule has 0 unspecified atom stereocenters. The molecule has 1 aliphatic heterocycles. The maximum Gasteiger partial charge on any atom is 0.417 e. The molecule has 2 heterocycles. The summed E-state index contributed by atoms with van der Waals surface area (Å²) in [5, 5.41) is 9.39. The Morgan fingerprint density at radius 2 is 1.91 bits per heavy atom. The third-order valence-electron chi connectivity index (χ3n) is 5.97. The summed E-state index contributed by atoms with van der Waals surface area (Å²) in [5.74, 6) is -8.53. The van der Waals surface area contributed by atoms with Gasteiger partial charge in [-0.15, -0.1) is 0 Å². The molecule has 34 heavy (non-hydrogen) atoms. The largest absolute Gasteiger partial charge is 0.493 e. The molecule has 0 bridgehead atoms. The van der Waals surface area contributed by atoms with Crippen LogP contribution in [0.15, 0.2) is 35.5 Å². The zero-order valence-corrected chi connectivity index (χ0v) is 18.1. The minimum Gasteiger partial charge on any atom is -0.493 e. The third-order valence-corrected chi connectivity index (χ3v) is 5.97. The fourth-order valence-electron chi connectivity index (χ4n) is 3.95. The van der Waals surface area contributed by atoms with Crippen LogP contribution in [0.3, 0.4) is 0 Å². The first-order valence-electron chi connectivity index (χ1n) is 9.79. The van der Waals surface area contributed by atoms with Crippen molar-refractivity contribution < 1.29 is 46.2 Å². The van der Waals surface area contributed by atoms with E-state index in [1.165, 1.54) is 0 Å². The van der Waals surface area contributed by atoms with Crippen LogP contribution in [0.2, 0.25) is 0 Å². The van der Waals surface area contributed by atoms with Crippen molar-refractivity contribution in [3.8, 4) is 5.75 Å². The van der Waals surface area contributed by atoms with Gasteiger partial charge in [-0.1, -0.05) is 13.0 Å². The number of aromatic nitrogens is 1. The SMILES string of the molecule is COc1c([C@@H]2[C@@H](C(=O)N=c3ccn(O)c(C(N)=O)c3)O[C@@](C)(C(F)(F)F)[C@@H]2C)ccc(F)c1F. The summed E-state index contributed by atoms with van der Waals surface area (Å²) >= 11 is 0. The summed E-state index contributed by atoms with van der Waals surface area (Å²) in [6.45, 7) is 1.90. The van der Waals surface area contributed by atoms with Gasteiger partial charge < -0.3 is 20.4 Å². The van der Waals surface area contributed by atoms with Gasteiger partial charge in [0.05, 0.1) is 12.5 Å². The highest BCUT2D eigenvalue weighted by molar-refractivity contribution is 5.91. The van der Waals surface area contributed by atoms with Gasteiger partial charge in [-0.2, -0.15) is 22.3 Å². The molecule has 1 aromatic heterocycles. The lowest BCUT2D eigenvalue weighted by atomic mass is 9.77. The summed E-state index contributed by atoms with van der Waals surface area (Å²) < 4.78 is 80.4. The number of hydrogen-bond donors (Lipinski definition) is 2. The zero-order chi connectivity index (χ0) is 25.6. The highest BCUT2D eigenvalue weighted by Crippen LogP contribution is 2.55. The summed E-state index contributed by atoms with van der Waals surface area (Å²) in [6, 6.07) is 3.76. The number of amides is 2. The number of carbonyl (C=O) groups is 2. The highest BCUT2D eigenvalue weighted by atomic mass is 19.4. The van der Waals surface area contributed by atoms with E-state index >= 15 is 0 Å². The molecular formula is C21H20F5N3O5. The molecule has 3 rings (SSSR count). The molecule has 1 saturated heterocycles. The smallest absolute Gasteiger partial charge is 0.417 e. The predicted molar refractivity (Wildman–Crippen MR) is 105 cm³/mol. The average molecular weight is 489 g/mol. The van der Waals surface area contributed by atoms with Crippen LogP contribution in [0.5, 0.6) is 5.75 Å². The number of rotatable bonds is 4. The molecule has 0 aliphatic carbocycles. The molecule has 0 saturated carbocycles. The van der Waals surface area contributed by atoms with Gasteiger partial charge in [-0.05, 0) is 25.1 Å². The van der Waals surface area contributed by atoms with Crippen molar-refractivity contribution >= 4 is 11.8 Å². The molecule has 2 amide bonds. The minimum absolute atomic E-state index is 0.211. The standard InChI is InChI=1S/C21H20F5N3O5/c1-9-14(11-4-5-12(22)15(23)16(11)33-3)17(34-20(9,2)21(24,25)26)19(31)28-10-6-7-29(32)13(8-10)18(27)30/h4-9,14,17,32H,1-3H3,(H2,27,30)/t9-,14-,17+,20-/m1/s1. The van der Waals surface area contributed by atoms with E-state index in [1.807, 2.05) is 0 Å². The Hall–Kier alpha value is -3.48. The number of pyridine rings is 1. The summed E-state index contributed by atoms with van der Waals surface area (Å²) in [7, 11) is 1.01. The second kappa shape index (κ2) is 8.70. The number of primary amides is 1. The Balaban J connectivity index is 2.18. The summed E-state index contributed by atoms with van der Waals surface area (Å²) in [4.78, 5) is 28.1. The molecule has 0 radical (unpaired) electrons. The van der Waals surface area contributed by atoms with Crippen LogP contribution in [0.4, 0.5) is 22.0 Å². The maximum absolute atomic E-state index is 14.4. The van der Waals surface area contributed by atoms with Crippen molar-refractivity contribution in [2.45, 2.75) is 37.6 Å². The topological polar surface area (TPSA) is 116 Å². The van der Waals surface area contributed by atoms with E-state index in [2.05, 4.69) is 4.99 Å². The molecule has 1 aromatic carbocycles. The zero-order valence-electron chi connectivity index (χ0n) is 18.1. The van der Waals surface area contributed by atoms with E-state index in [9.17, 15) is 36.7 Å². The number of methoxy groups -OCH3 is 1. The van der Waals surface area contributed by atoms with Crippen LogP contribution < -0.4 is 15.8 Å². The molecule has 4 atom stereocenters. The van der Waals surface area contributed by atoms with Crippen molar-refractivity contribution in [3.05, 3.63) is 58.7 Å². The van der Waals surface area contributed by atoms with Gasteiger partial charge in [-0.25, -0.2) is 9.38 Å². The summed E-state index contributed by atoms with van der Waals surface area (Å²) in [5.41, 5.74) is 1.61. The van der Waals surface area contributed by atoms with Crippen LogP contribution >= 0.6 is 0 Å². The van der Waals surface area contributed by atoms with Gasteiger partial charge in [0.15, 0.2) is 17.2 Å². The predicted octanol–water partition coefficient (Wildman–Crippen LogP) is 2.68. The lowest BCUT2D eigenvalue weighted by Crippen LogP contribution is -2.47. The van der Waals surface area contributed by atoms with E-state index in [1.54, 1.807) is 0 Å². The lowest BCUT2D eigenvalue weighted by Gasteiger charge is -2.32. The molecule has 1 fully saturated rings. The van der Waals surface area contributed by atoms with Crippen LogP contribution in [0, 0.1) is 17.6 Å². The number of hydrogen-bond acceptors (Lipinski definition) is 5. The number of carbonyl (C=O) groups excluding carboxylic acids is 2. The number of benzene rings is 1. The van der Waals surface area contributed by atoms with Crippen molar-refractivity contribution in [1.29, 1.82) is 0 Å². The first-order chi connectivity index (χ1) is 15.7. The maximum atomic E-state index is 14.4. The third kappa shape index (κ3) is 4.11. The second-order valence-electron chi connectivity index (χ2n) is 7.87. The number of nitrogens with zero attached hydrogens (tertiary/aromatic N) is 2. The van der Waals surface area contributed by atoms with E-state index in [-0.39, 0.29) is 10.9 Å². The Bertz CT molecular complexity index is 1210. The van der Waals surface area contributed by atoms with Crippen molar-refractivity contribution in [2.24, 2.45) is 16.6 Å². The van der Waals surface area contributed by atoms with E-state index in [0.29, 0.717) is 10.8 Å². The molecule has 2 aromatic rings. The fourth-order valence-corrected chi connectivity index (χ4v) is 3.95. The van der Waals surface area contributed by atoms with E-state index < -0.39 is 64.6 Å². The van der Waals surface area contributed by atoms with Gasteiger partial charge in [0.25, 0.3) is 11.8 Å². The molecule has 0 spiro atoms. The second-order valence-corrected chi connectivity index (χ2v) is 7.87. The number of alkyl halides is 3. The average Bonchev–Trinajstić information content (AvgIpc) is 3.03. The monoisotopic (exact) mass is 489 g/mol. The minimum atomic E-state index is -4.93. The molecule has 1 aliphatic rings. The Kier molecular flexibility index (Phi) is 6.44. The van der Waals surface area contributed by atoms with E-state index in [0.717, 1.165) is 45.4 Å². The Morgan fingerprint density at radius 1 is 1.26 bits per heavy atom. The molecule has 184 valence electrons. The summed E-state index contributed by atoms with van der Waals surface area (Å²) in [6.07, 6.45) is -5.86. The fraction of sp³-hybridized carbons (Fsp3) is 0.381. The van der Waals surface area contributed by atoms with Gasteiger partial charge in [-0.3, -0.25) is 9.59 Å². The van der Waals surface area contributed by atoms with Crippen molar-refractivity contribution in [2.75, 3.05) is 7.11 Å². The van der Waals surface area contributed by atoms with Crippen molar-refractivity contribution in [3.63, 3.8) is 0 Å². The van der Waals surface area contributed by atoms with Crippen LogP contribution in [-0.4, -0.2) is 46.7 Å². The van der Waals surface area contributed by atoms with Gasteiger partial charge in [0.1, 0.15) is 11.8 Å². The number of nitrogens with two attached hydrogens (primary N) is 1. The molecular weight excluding hydrogens is 469 g/mol. The Labute approximate surface area is 189 Å². The molecule has 13 heteroatoms. The first-order valence-corrected chi connectivity index (χ1v) is 9.79. The van der Waals surface area contributed by atoms with Gasteiger partial charge >= 0.3 is 6.18 Å². The number of halogens is 5. The van der Waals surface area contributed by atoms with Crippen molar-refractivity contribution in [1.82, 2.24) is 4.73 Å². The Morgan fingerprint density at radius 3 is 2.47 bits per heavy atom. The first kappa shape index (κ1) is 25.1. The van der Waals surface area contributed by atoms with E-state index in [4.69, 9.17) is 15.2 Å².